The molecule has 1 saturated heterocycles. The maximum absolute atomic E-state index is 12.4. The van der Waals surface area contributed by atoms with Gasteiger partial charge in [0.2, 0.25) is 0 Å². The third-order valence-electron chi connectivity index (χ3n) is 3.92. The van der Waals surface area contributed by atoms with Gasteiger partial charge in [0, 0.05) is 35.8 Å². The summed E-state index contributed by atoms with van der Waals surface area (Å²) in [5, 5.41) is 1.05. The molecule has 1 fully saturated rings. The molecular weight excluding hydrogens is 309 g/mol. The van der Waals surface area contributed by atoms with Crippen LogP contribution in [0.1, 0.15) is 41.6 Å². The summed E-state index contributed by atoms with van der Waals surface area (Å²) < 4.78 is 5.59. The maximum atomic E-state index is 12.4. The zero-order valence-electron chi connectivity index (χ0n) is 12.5. The molecule has 0 radical (unpaired) electrons. The molecule has 0 aliphatic carbocycles. The number of halogens is 2. The molecule has 116 valence electrons. The minimum absolute atomic E-state index is 0.0499. The lowest BCUT2D eigenvalue weighted by atomic mass is 10.1. The Hall–Kier alpha value is -0.770. The molecule has 1 atom stereocenters. The Labute approximate surface area is 136 Å². The van der Waals surface area contributed by atoms with Gasteiger partial charge in [-0.05, 0) is 50.3 Å². The highest BCUT2D eigenvalue weighted by atomic mass is 35.5. The van der Waals surface area contributed by atoms with Gasteiger partial charge in [-0.25, -0.2) is 0 Å². The van der Waals surface area contributed by atoms with E-state index in [9.17, 15) is 4.79 Å². The molecule has 1 aliphatic heterocycles. The van der Waals surface area contributed by atoms with Crippen LogP contribution in [0.15, 0.2) is 12.1 Å². The van der Waals surface area contributed by atoms with Gasteiger partial charge >= 0.3 is 0 Å². The van der Waals surface area contributed by atoms with Crippen molar-refractivity contribution in [2.75, 3.05) is 20.2 Å². The molecule has 2 rings (SSSR count). The summed E-state index contributed by atoms with van der Waals surface area (Å²) in [6, 6.07) is 3.36. The molecule has 0 saturated carbocycles. The summed E-state index contributed by atoms with van der Waals surface area (Å²) in [4.78, 5) is 14.1. The van der Waals surface area contributed by atoms with Crippen molar-refractivity contribution in [2.45, 2.75) is 38.7 Å². The number of carbonyl (C=O) groups excluding carboxylic acids is 1. The molecule has 0 aromatic heterocycles. The first kappa shape index (κ1) is 16.6. The fourth-order valence-electron chi connectivity index (χ4n) is 2.52. The van der Waals surface area contributed by atoms with Crippen molar-refractivity contribution >= 4 is 29.1 Å². The number of carbonyl (C=O) groups is 1. The van der Waals surface area contributed by atoms with E-state index in [1.807, 2.05) is 6.92 Å². The SMILES string of the molecule is Cc1c(Cl)cc(C(=O)N(C)CCCC2CCCO2)cc1Cl. The molecule has 0 N–H and O–H groups in total. The number of ether oxygens (including phenoxy) is 1. The second kappa shape index (κ2) is 7.48. The smallest absolute Gasteiger partial charge is 0.253 e. The Morgan fingerprint density at radius 3 is 2.62 bits per heavy atom. The van der Waals surface area contributed by atoms with Gasteiger partial charge in [-0.15, -0.1) is 0 Å². The van der Waals surface area contributed by atoms with Crippen LogP contribution in [0.4, 0.5) is 0 Å². The van der Waals surface area contributed by atoms with Crippen LogP contribution < -0.4 is 0 Å². The van der Waals surface area contributed by atoms with Crippen LogP contribution in [0.25, 0.3) is 0 Å². The van der Waals surface area contributed by atoms with E-state index in [-0.39, 0.29) is 5.91 Å². The van der Waals surface area contributed by atoms with Crippen molar-refractivity contribution in [2.24, 2.45) is 0 Å². The number of benzene rings is 1. The summed E-state index contributed by atoms with van der Waals surface area (Å²) in [6.07, 6.45) is 4.62. The monoisotopic (exact) mass is 329 g/mol. The highest BCUT2D eigenvalue weighted by Crippen LogP contribution is 2.26. The summed E-state index contributed by atoms with van der Waals surface area (Å²) in [5.41, 5.74) is 1.34. The molecule has 5 heteroatoms. The molecule has 1 heterocycles. The van der Waals surface area contributed by atoms with E-state index in [0.29, 0.717) is 28.3 Å². The van der Waals surface area contributed by atoms with Crippen molar-refractivity contribution in [3.63, 3.8) is 0 Å². The minimum Gasteiger partial charge on any atom is -0.378 e. The molecule has 3 nitrogen and oxygen atoms in total. The number of rotatable bonds is 5. The Kier molecular flexibility index (Phi) is 5.91. The molecular formula is C16H21Cl2NO2. The lowest BCUT2D eigenvalue weighted by Gasteiger charge is -2.19. The van der Waals surface area contributed by atoms with Crippen LogP contribution in [0, 0.1) is 6.92 Å². The topological polar surface area (TPSA) is 29.5 Å². The molecule has 0 bridgehead atoms. The Balaban J connectivity index is 1.89. The van der Waals surface area contributed by atoms with Crippen molar-refractivity contribution in [3.05, 3.63) is 33.3 Å². The molecule has 0 spiro atoms. The van der Waals surface area contributed by atoms with Crippen LogP contribution >= 0.6 is 23.2 Å². The van der Waals surface area contributed by atoms with Crippen molar-refractivity contribution < 1.29 is 9.53 Å². The molecule has 1 aromatic carbocycles. The van der Waals surface area contributed by atoms with E-state index in [2.05, 4.69) is 0 Å². The maximum Gasteiger partial charge on any atom is 0.253 e. The van der Waals surface area contributed by atoms with Gasteiger partial charge in [-0.3, -0.25) is 4.79 Å². The lowest BCUT2D eigenvalue weighted by molar-refractivity contribution is 0.0763. The van der Waals surface area contributed by atoms with E-state index < -0.39 is 0 Å². The predicted octanol–water partition coefficient (Wildman–Crippen LogP) is 4.33. The van der Waals surface area contributed by atoms with E-state index >= 15 is 0 Å². The average Bonchev–Trinajstić information content (AvgIpc) is 2.96. The van der Waals surface area contributed by atoms with Gasteiger partial charge in [0.15, 0.2) is 0 Å². The largest absolute Gasteiger partial charge is 0.378 e. The van der Waals surface area contributed by atoms with Crippen LogP contribution in [-0.2, 0) is 4.74 Å². The van der Waals surface area contributed by atoms with Crippen LogP contribution in [0.3, 0.4) is 0 Å². The molecule has 1 aliphatic rings. The number of amides is 1. The zero-order valence-corrected chi connectivity index (χ0v) is 14.0. The second-order valence-corrected chi connectivity index (χ2v) is 6.38. The summed E-state index contributed by atoms with van der Waals surface area (Å²) >= 11 is 12.2. The minimum atomic E-state index is -0.0499. The Morgan fingerprint density at radius 2 is 2.05 bits per heavy atom. The first-order chi connectivity index (χ1) is 9.99. The molecule has 1 aromatic rings. The summed E-state index contributed by atoms with van der Waals surface area (Å²) in [7, 11) is 1.81. The van der Waals surface area contributed by atoms with Gasteiger partial charge in [0.1, 0.15) is 0 Å². The van der Waals surface area contributed by atoms with E-state index in [0.717, 1.165) is 37.9 Å². The highest BCUT2D eigenvalue weighted by Gasteiger charge is 2.17. The van der Waals surface area contributed by atoms with Crippen molar-refractivity contribution in [3.8, 4) is 0 Å². The highest BCUT2D eigenvalue weighted by molar-refractivity contribution is 6.36. The average molecular weight is 330 g/mol. The van der Waals surface area contributed by atoms with Crippen molar-refractivity contribution in [1.29, 1.82) is 0 Å². The third-order valence-corrected chi connectivity index (χ3v) is 4.70. The predicted molar refractivity (Wildman–Crippen MR) is 86.4 cm³/mol. The van der Waals surface area contributed by atoms with E-state index in [1.165, 1.54) is 0 Å². The fraction of sp³-hybridized carbons (Fsp3) is 0.562. The van der Waals surface area contributed by atoms with E-state index in [4.69, 9.17) is 27.9 Å². The second-order valence-electron chi connectivity index (χ2n) is 5.57. The molecule has 1 amide bonds. The van der Waals surface area contributed by atoms with Gasteiger partial charge in [-0.1, -0.05) is 23.2 Å². The summed E-state index contributed by atoms with van der Waals surface area (Å²) in [6.45, 7) is 3.42. The zero-order chi connectivity index (χ0) is 15.4. The number of hydrogen-bond acceptors (Lipinski definition) is 2. The quantitative estimate of drug-likeness (QED) is 0.804. The summed E-state index contributed by atoms with van der Waals surface area (Å²) in [5.74, 6) is -0.0499. The van der Waals surface area contributed by atoms with Gasteiger partial charge in [-0.2, -0.15) is 0 Å². The molecule has 21 heavy (non-hydrogen) atoms. The van der Waals surface area contributed by atoms with Gasteiger partial charge in [0.25, 0.3) is 5.91 Å². The van der Waals surface area contributed by atoms with Crippen LogP contribution in [-0.4, -0.2) is 37.1 Å². The van der Waals surface area contributed by atoms with Crippen molar-refractivity contribution in [1.82, 2.24) is 4.90 Å². The van der Waals surface area contributed by atoms with Crippen LogP contribution in [0.5, 0.6) is 0 Å². The standard InChI is InChI=1S/C16H21Cl2NO2/c1-11-14(17)9-12(10-15(11)18)16(20)19(2)7-3-5-13-6-4-8-21-13/h9-10,13H,3-8H2,1-2H3. The first-order valence-electron chi connectivity index (χ1n) is 7.31. The van der Waals surface area contributed by atoms with Gasteiger partial charge < -0.3 is 9.64 Å². The third kappa shape index (κ3) is 4.35. The van der Waals surface area contributed by atoms with E-state index in [1.54, 1.807) is 24.1 Å². The lowest BCUT2D eigenvalue weighted by Crippen LogP contribution is -2.28. The molecule has 1 unspecified atom stereocenters. The Morgan fingerprint density at radius 1 is 1.38 bits per heavy atom. The fourth-order valence-corrected chi connectivity index (χ4v) is 3.01. The van der Waals surface area contributed by atoms with Gasteiger partial charge in [0.05, 0.1) is 6.10 Å². The first-order valence-corrected chi connectivity index (χ1v) is 8.07. The normalized spacial score (nSPS) is 18.0. The Bertz CT molecular complexity index is 490. The van der Waals surface area contributed by atoms with Crippen LogP contribution in [0.2, 0.25) is 10.0 Å². The number of nitrogens with zero attached hydrogens (tertiary/aromatic N) is 1. The number of hydrogen-bond donors (Lipinski definition) is 0.